The van der Waals surface area contributed by atoms with Crippen LogP contribution >= 0.6 is 0 Å². The van der Waals surface area contributed by atoms with Gasteiger partial charge in [0.15, 0.2) is 0 Å². The van der Waals surface area contributed by atoms with E-state index < -0.39 is 0 Å². The van der Waals surface area contributed by atoms with Crippen molar-refractivity contribution in [3.63, 3.8) is 0 Å². The van der Waals surface area contributed by atoms with E-state index in [-0.39, 0.29) is 0 Å². The normalized spacial score (nSPS) is 20.6. The molecule has 1 aliphatic heterocycles. The van der Waals surface area contributed by atoms with Crippen LogP contribution in [-0.2, 0) is 11.2 Å². The van der Waals surface area contributed by atoms with E-state index in [0.29, 0.717) is 6.04 Å². The van der Waals surface area contributed by atoms with Crippen LogP contribution in [0, 0.1) is 0 Å². The summed E-state index contributed by atoms with van der Waals surface area (Å²) in [6, 6.07) is 9.35. The summed E-state index contributed by atoms with van der Waals surface area (Å²) in [4.78, 5) is 2.44. The number of piperazine rings is 1. The van der Waals surface area contributed by atoms with Crippen molar-refractivity contribution >= 4 is 5.69 Å². The maximum Gasteiger partial charge on any atom is 0.0678 e. The monoisotopic (exact) mass is 234 g/mol. The van der Waals surface area contributed by atoms with Gasteiger partial charge < -0.3 is 15.0 Å². The summed E-state index contributed by atoms with van der Waals surface area (Å²) < 4.78 is 5.30. The molecule has 3 nitrogen and oxygen atoms in total. The van der Waals surface area contributed by atoms with E-state index in [1.54, 1.807) is 7.11 Å². The number of ether oxygens (including phenoxy) is 1. The zero-order valence-corrected chi connectivity index (χ0v) is 10.8. The Morgan fingerprint density at radius 1 is 1.35 bits per heavy atom. The van der Waals surface area contributed by atoms with Crippen LogP contribution in [0.5, 0.6) is 0 Å². The van der Waals surface area contributed by atoms with Crippen LogP contribution in [-0.4, -0.2) is 39.4 Å². The Bertz CT molecular complexity index is 335. The van der Waals surface area contributed by atoms with E-state index >= 15 is 0 Å². The van der Waals surface area contributed by atoms with Crippen LogP contribution in [0.15, 0.2) is 24.3 Å². The van der Waals surface area contributed by atoms with E-state index in [4.69, 9.17) is 4.74 Å². The summed E-state index contributed by atoms with van der Waals surface area (Å²) in [7, 11) is 1.77. The molecule has 17 heavy (non-hydrogen) atoms. The molecule has 94 valence electrons. The van der Waals surface area contributed by atoms with Gasteiger partial charge in [-0.2, -0.15) is 0 Å². The minimum atomic E-state index is 0.446. The van der Waals surface area contributed by atoms with Crippen molar-refractivity contribution < 1.29 is 4.74 Å². The number of nitrogens with zero attached hydrogens (tertiary/aromatic N) is 1. The Morgan fingerprint density at radius 3 is 2.76 bits per heavy atom. The molecule has 2 rings (SSSR count). The van der Waals surface area contributed by atoms with Crippen LogP contribution in [0.2, 0.25) is 0 Å². The van der Waals surface area contributed by atoms with Crippen LogP contribution in [0.25, 0.3) is 0 Å². The molecule has 3 heteroatoms. The van der Waals surface area contributed by atoms with Crippen molar-refractivity contribution in [1.82, 2.24) is 5.32 Å². The highest BCUT2D eigenvalue weighted by Crippen LogP contribution is 2.19. The van der Waals surface area contributed by atoms with E-state index in [1.807, 2.05) is 0 Å². The van der Waals surface area contributed by atoms with Crippen LogP contribution < -0.4 is 10.2 Å². The van der Waals surface area contributed by atoms with Crippen LogP contribution in [0.1, 0.15) is 12.5 Å². The minimum Gasteiger partial charge on any atom is -0.383 e. The first-order valence-electron chi connectivity index (χ1n) is 6.40. The molecule has 0 radical (unpaired) electrons. The molecule has 1 atom stereocenters. The molecule has 1 heterocycles. The van der Waals surface area contributed by atoms with Gasteiger partial charge in [0.1, 0.15) is 0 Å². The van der Waals surface area contributed by atoms with Gasteiger partial charge in [-0.25, -0.2) is 0 Å². The van der Waals surface area contributed by atoms with Crippen LogP contribution in [0.4, 0.5) is 5.69 Å². The standard InChI is InChI=1S/C14H22N2O/c1-3-12-4-6-13(7-5-12)16-9-8-15-10-14(16)11-17-2/h4-7,14-15H,3,8-11H2,1-2H3. The number of rotatable bonds is 4. The average molecular weight is 234 g/mol. The van der Waals surface area contributed by atoms with Crippen molar-refractivity contribution in [2.24, 2.45) is 0 Å². The lowest BCUT2D eigenvalue weighted by atomic mass is 10.1. The maximum absolute atomic E-state index is 5.30. The average Bonchev–Trinajstić information content (AvgIpc) is 2.40. The molecule has 0 saturated carbocycles. The molecular formula is C14H22N2O. The fraction of sp³-hybridized carbons (Fsp3) is 0.571. The van der Waals surface area contributed by atoms with Gasteiger partial charge in [0.25, 0.3) is 0 Å². The molecule has 1 unspecified atom stereocenters. The highest BCUT2D eigenvalue weighted by atomic mass is 16.5. The number of hydrogen-bond donors (Lipinski definition) is 1. The van der Waals surface area contributed by atoms with Crippen molar-refractivity contribution in [3.05, 3.63) is 29.8 Å². The number of benzene rings is 1. The fourth-order valence-corrected chi connectivity index (χ4v) is 2.37. The molecule has 1 fully saturated rings. The molecular weight excluding hydrogens is 212 g/mol. The predicted molar refractivity (Wildman–Crippen MR) is 71.7 cm³/mol. The molecule has 0 amide bonds. The van der Waals surface area contributed by atoms with Gasteiger partial charge in [0, 0.05) is 32.4 Å². The van der Waals surface area contributed by atoms with Gasteiger partial charge in [-0.1, -0.05) is 19.1 Å². The van der Waals surface area contributed by atoms with Gasteiger partial charge in [-0.15, -0.1) is 0 Å². The van der Waals surface area contributed by atoms with Crippen molar-refractivity contribution in [3.8, 4) is 0 Å². The first-order chi connectivity index (χ1) is 8.35. The second-order valence-electron chi connectivity index (χ2n) is 4.53. The number of nitrogens with one attached hydrogen (secondary N) is 1. The summed E-state index contributed by atoms with van der Waals surface area (Å²) in [6.07, 6.45) is 1.10. The molecule has 0 aliphatic carbocycles. The lowest BCUT2D eigenvalue weighted by Gasteiger charge is -2.37. The number of methoxy groups -OCH3 is 1. The van der Waals surface area contributed by atoms with E-state index in [0.717, 1.165) is 32.7 Å². The third-order valence-corrected chi connectivity index (χ3v) is 3.39. The number of aryl methyl sites for hydroxylation is 1. The SMILES string of the molecule is CCc1ccc(N2CCNCC2COC)cc1. The first kappa shape index (κ1) is 12.4. The Balaban J connectivity index is 2.11. The van der Waals surface area contributed by atoms with Crippen molar-refractivity contribution in [2.45, 2.75) is 19.4 Å². The lowest BCUT2D eigenvalue weighted by molar-refractivity contribution is 0.170. The van der Waals surface area contributed by atoms with E-state index in [9.17, 15) is 0 Å². The van der Waals surface area contributed by atoms with Gasteiger partial charge in [0.2, 0.25) is 0 Å². The Morgan fingerprint density at radius 2 is 2.12 bits per heavy atom. The Hall–Kier alpha value is -1.06. The molecule has 1 aromatic carbocycles. The third-order valence-electron chi connectivity index (χ3n) is 3.39. The molecule has 0 aromatic heterocycles. The zero-order valence-electron chi connectivity index (χ0n) is 10.8. The van der Waals surface area contributed by atoms with E-state index in [2.05, 4.69) is 41.4 Å². The zero-order chi connectivity index (χ0) is 12.1. The molecule has 1 saturated heterocycles. The Labute approximate surface area is 104 Å². The van der Waals surface area contributed by atoms with Crippen molar-refractivity contribution in [2.75, 3.05) is 38.3 Å². The summed E-state index contributed by atoms with van der Waals surface area (Å²) in [5, 5.41) is 3.42. The van der Waals surface area contributed by atoms with Gasteiger partial charge >= 0.3 is 0 Å². The lowest BCUT2D eigenvalue weighted by Crippen LogP contribution is -2.53. The van der Waals surface area contributed by atoms with Gasteiger partial charge in [0.05, 0.1) is 12.6 Å². The summed E-state index contributed by atoms with van der Waals surface area (Å²) in [6.45, 7) is 6.08. The smallest absolute Gasteiger partial charge is 0.0678 e. The van der Waals surface area contributed by atoms with Gasteiger partial charge in [-0.05, 0) is 24.1 Å². The highest BCUT2D eigenvalue weighted by Gasteiger charge is 2.21. The quantitative estimate of drug-likeness (QED) is 0.857. The molecule has 1 aromatic rings. The van der Waals surface area contributed by atoms with E-state index in [1.165, 1.54) is 11.3 Å². The number of hydrogen-bond acceptors (Lipinski definition) is 3. The molecule has 0 spiro atoms. The number of anilines is 1. The highest BCUT2D eigenvalue weighted by molar-refractivity contribution is 5.49. The van der Waals surface area contributed by atoms with Crippen molar-refractivity contribution in [1.29, 1.82) is 0 Å². The summed E-state index contributed by atoms with van der Waals surface area (Å²) in [5.41, 5.74) is 2.71. The predicted octanol–water partition coefficient (Wildman–Crippen LogP) is 1.67. The second kappa shape index (κ2) is 6.03. The Kier molecular flexibility index (Phi) is 4.40. The summed E-state index contributed by atoms with van der Waals surface area (Å²) >= 11 is 0. The maximum atomic E-state index is 5.30. The minimum absolute atomic E-state index is 0.446. The van der Waals surface area contributed by atoms with Crippen LogP contribution in [0.3, 0.4) is 0 Å². The second-order valence-corrected chi connectivity index (χ2v) is 4.53. The molecule has 1 aliphatic rings. The summed E-state index contributed by atoms with van der Waals surface area (Å²) in [5.74, 6) is 0. The third kappa shape index (κ3) is 2.99. The fourth-order valence-electron chi connectivity index (χ4n) is 2.37. The molecule has 0 bridgehead atoms. The molecule has 1 N–H and O–H groups in total. The topological polar surface area (TPSA) is 24.5 Å². The van der Waals surface area contributed by atoms with Gasteiger partial charge in [-0.3, -0.25) is 0 Å². The largest absolute Gasteiger partial charge is 0.383 e. The first-order valence-corrected chi connectivity index (χ1v) is 6.40.